The summed E-state index contributed by atoms with van der Waals surface area (Å²) < 4.78 is 11.6. The van der Waals surface area contributed by atoms with Gasteiger partial charge < -0.3 is 14.8 Å². The molecule has 0 aliphatic rings. The molecule has 0 fully saturated rings. The molecule has 0 saturated carbocycles. The number of hydrogen-bond donors (Lipinski definition) is 1. The Morgan fingerprint density at radius 1 is 1.10 bits per heavy atom. The summed E-state index contributed by atoms with van der Waals surface area (Å²) in [6.07, 6.45) is 1.57. The van der Waals surface area contributed by atoms with Crippen LogP contribution in [0.2, 0.25) is 0 Å². The smallest absolute Gasteiger partial charge is 0.147 e. The van der Waals surface area contributed by atoms with Gasteiger partial charge in [0.15, 0.2) is 0 Å². The van der Waals surface area contributed by atoms with Gasteiger partial charge in [-0.25, -0.2) is 9.97 Å². The Morgan fingerprint density at radius 3 is 2.57 bits per heavy atom. The molecule has 1 aromatic carbocycles. The lowest BCUT2D eigenvalue weighted by Crippen LogP contribution is -2.02. The first-order valence-electron chi connectivity index (χ1n) is 6.44. The molecular weight excluding hydrogens is 286 g/mol. The molecule has 1 N–H and O–H groups in total. The average Bonchev–Trinajstić information content (AvgIpc) is 3.01. The molecule has 0 aliphatic heterocycles. The molecule has 6 heteroatoms. The van der Waals surface area contributed by atoms with Crippen LogP contribution < -0.4 is 14.8 Å². The minimum absolute atomic E-state index is 0.636. The molecule has 2 heterocycles. The maximum atomic E-state index is 5.28. The predicted molar refractivity (Wildman–Crippen MR) is 84.3 cm³/mol. The van der Waals surface area contributed by atoms with Crippen LogP contribution in [-0.4, -0.2) is 24.2 Å². The number of rotatable bonds is 5. The minimum Gasteiger partial charge on any atom is -0.497 e. The lowest BCUT2D eigenvalue weighted by atomic mass is 10.2. The van der Waals surface area contributed by atoms with E-state index in [0.717, 1.165) is 33.1 Å². The number of thiophene rings is 1. The van der Waals surface area contributed by atoms with Crippen molar-refractivity contribution in [1.82, 2.24) is 9.97 Å². The first-order chi connectivity index (χ1) is 10.3. The summed E-state index contributed by atoms with van der Waals surface area (Å²) in [5, 5.41) is 5.35. The molecule has 0 saturated heterocycles. The van der Waals surface area contributed by atoms with Gasteiger partial charge in [-0.2, -0.15) is 0 Å². The van der Waals surface area contributed by atoms with Crippen LogP contribution in [0.5, 0.6) is 11.5 Å². The van der Waals surface area contributed by atoms with Gasteiger partial charge >= 0.3 is 0 Å². The lowest BCUT2D eigenvalue weighted by Gasteiger charge is -2.10. The summed E-state index contributed by atoms with van der Waals surface area (Å²) in [6, 6.07) is 7.79. The highest BCUT2D eigenvalue weighted by Crippen LogP contribution is 2.26. The van der Waals surface area contributed by atoms with Gasteiger partial charge in [0, 0.05) is 12.6 Å². The van der Waals surface area contributed by atoms with E-state index in [1.165, 1.54) is 0 Å². The van der Waals surface area contributed by atoms with E-state index in [0.29, 0.717) is 6.54 Å². The van der Waals surface area contributed by atoms with Crippen molar-refractivity contribution < 1.29 is 9.47 Å². The Balaban J connectivity index is 1.83. The summed E-state index contributed by atoms with van der Waals surface area (Å²) in [5.74, 6) is 2.39. The summed E-state index contributed by atoms with van der Waals surface area (Å²) in [5.41, 5.74) is 2.02. The van der Waals surface area contributed by atoms with Crippen LogP contribution in [0, 0.1) is 0 Å². The van der Waals surface area contributed by atoms with E-state index in [-0.39, 0.29) is 0 Å². The normalized spacial score (nSPS) is 10.6. The van der Waals surface area contributed by atoms with E-state index in [4.69, 9.17) is 9.47 Å². The molecule has 0 aliphatic carbocycles. The quantitative estimate of drug-likeness (QED) is 0.783. The van der Waals surface area contributed by atoms with Crippen LogP contribution >= 0.6 is 11.3 Å². The van der Waals surface area contributed by atoms with Crippen molar-refractivity contribution >= 4 is 27.4 Å². The molecular formula is C15H15N3O2S. The van der Waals surface area contributed by atoms with Crippen LogP contribution in [0.3, 0.4) is 0 Å². The molecule has 0 unspecified atom stereocenters. The van der Waals surface area contributed by atoms with E-state index in [2.05, 4.69) is 15.3 Å². The van der Waals surface area contributed by atoms with Gasteiger partial charge in [0.1, 0.15) is 23.6 Å². The van der Waals surface area contributed by atoms with Gasteiger partial charge in [0.05, 0.1) is 24.4 Å². The highest BCUT2D eigenvalue weighted by atomic mass is 32.1. The van der Waals surface area contributed by atoms with Crippen molar-refractivity contribution in [3.05, 3.63) is 41.5 Å². The van der Waals surface area contributed by atoms with Crippen molar-refractivity contribution in [2.45, 2.75) is 6.54 Å². The summed E-state index contributed by atoms with van der Waals surface area (Å²) in [7, 11) is 3.29. The molecule has 108 valence electrons. The van der Waals surface area contributed by atoms with Crippen LogP contribution in [0.25, 0.3) is 10.2 Å². The van der Waals surface area contributed by atoms with Crippen LogP contribution in [-0.2, 0) is 6.54 Å². The molecule has 0 spiro atoms. The molecule has 3 aromatic rings. The fourth-order valence-corrected chi connectivity index (χ4v) is 2.88. The van der Waals surface area contributed by atoms with E-state index in [9.17, 15) is 0 Å². The zero-order valence-electron chi connectivity index (χ0n) is 11.8. The van der Waals surface area contributed by atoms with E-state index >= 15 is 0 Å². The van der Waals surface area contributed by atoms with E-state index in [1.54, 1.807) is 31.9 Å². The largest absolute Gasteiger partial charge is 0.497 e. The van der Waals surface area contributed by atoms with Gasteiger partial charge in [-0.1, -0.05) is 0 Å². The Morgan fingerprint density at radius 2 is 1.86 bits per heavy atom. The van der Waals surface area contributed by atoms with Crippen molar-refractivity contribution in [1.29, 1.82) is 0 Å². The Hall–Kier alpha value is -2.34. The monoisotopic (exact) mass is 301 g/mol. The van der Waals surface area contributed by atoms with Crippen molar-refractivity contribution in [2.24, 2.45) is 0 Å². The minimum atomic E-state index is 0.636. The molecule has 21 heavy (non-hydrogen) atoms. The summed E-state index contributed by atoms with van der Waals surface area (Å²) in [6.45, 7) is 0.636. The van der Waals surface area contributed by atoms with E-state index < -0.39 is 0 Å². The second kappa shape index (κ2) is 5.97. The Kier molecular flexibility index (Phi) is 3.87. The standard InChI is InChI=1S/C15H15N3O2S/c1-19-11-5-10(6-12(7-11)20-2)8-16-15-14-13(3-4-21-14)17-9-18-15/h3-7,9H,8H2,1-2H3,(H,16,17,18). The number of ether oxygens (including phenoxy) is 2. The van der Waals surface area contributed by atoms with Gasteiger partial charge in [0.2, 0.25) is 0 Å². The average molecular weight is 301 g/mol. The maximum absolute atomic E-state index is 5.28. The van der Waals surface area contributed by atoms with Crippen molar-refractivity contribution in [3.8, 4) is 11.5 Å². The molecule has 0 radical (unpaired) electrons. The third-order valence-electron chi connectivity index (χ3n) is 3.11. The third-order valence-corrected chi connectivity index (χ3v) is 4.02. The SMILES string of the molecule is COc1cc(CNc2ncnc3ccsc23)cc(OC)c1. The number of nitrogens with one attached hydrogen (secondary N) is 1. The maximum Gasteiger partial charge on any atom is 0.147 e. The zero-order valence-corrected chi connectivity index (χ0v) is 12.6. The lowest BCUT2D eigenvalue weighted by molar-refractivity contribution is 0.393. The van der Waals surface area contributed by atoms with Crippen LogP contribution in [0.4, 0.5) is 5.82 Å². The number of aromatic nitrogens is 2. The number of anilines is 1. The zero-order chi connectivity index (χ0) is 14.7. The molecule has 5 nitrogen and oxygen atoms in total. The van der Waals surface area contributed by atoms with Gasteiger partial charge in [-0.3, -0.25) is 0 Å². The fraction of sp³-hybridized carbons (Fsp3) is 0.200. The topological polar surface area (TPSA) is 56.3 Å². The molecule has 0 amide bonds. The van der Waals surface area contributed by atoms with Crippen LogP contribution in [0.15, 0.2) is 36.0 Å². The van der Waals surface area contributed by atoms with Gasteiger partial charge in [0.25, 0.3) is 0 Å². The molecule has 3 rings (SSSR count). The van der Waals surface area contributed by atoms with Crippen molar-refractivity contribution in [2.75, 3.05) is 19.5 Å². The fourth-order valence-electron chi connectivity index (χ4n) is 2.07. The van der Waals surface area contributed by atoms with Crippen molar-refractivity contribution in [3.63, 3.8) is 0 Å². The molecule has 0 bridgehead atoms. The predicted octanol–water partition coefficient (Wildman–Crippen LogP) is 3.32. The first kappa shape index (κ1) is 13.6. The van der Waals surface area contributed by atoms with Gasteiger partial charge in [-0.15, -0.1) is 11.3 Å². The Labute approximate surface area is 126 Å². The second-order valence-corrected chi connectivity index (χ2v) is 5.35. The Bertz CT molecular complexity index is 735. The van der Waals surface area contributed by atoms with Crippen LogP contribution in [0.1, 0.15) is 5.56 Å². The van der Waals surface area contributed by atoms with Gasteiger partial charge in [-0.05, 0) is 29.1 Å². The number of hydrogen-bond acceptors (Lipinski definition) is 6. The second-order valence-electron chi connectivity index (χ2n) is 4.43. The summed E-state index contributed by atoms with van der Waals surface area (Å²) >= 11 is 1.63. The third kappa shape index (κ3) is 2.90. The summed E-state index contributed by atoms with van der Waals surface area (Å²) in [4.78, 5) is 8.54. The highest BCUT2D eigenvalue weighted by Gasteiger charge is 2.06. The number of benzene rings is 1. The highest BCUT2D eigenvalue weighted by molar-refractivity contribution is 7.17. The molecule has 0 atom stereocenters. The molecule has 2 aromatic heterocycles. The number of nitrogens with zero attached hydrogens (tertiary/aromatic N) is 2. The van der Waals surface area contributed by atoms with E-state index in [1.807, 2.05) is 29.6 Å². The first-order valence-corrected chi connectivity index (χ1v) is 7.32. The number of fused-ring (bicyclic) bond motifs is 1. The number of methoxy groups -OCH3 is 2.